The molecule has 2 unspecified atom stereocenters. The predicted octanol–water partition coefficient (Wildman–Crippen LogP) is 4.80. The maximum Gasteiger partial charge on any atom is 0.494 e. The molecule has 4 atom stereocenters. The van der Waals surface area contributed by atoms with Gasteiger partial charge in [-0.1, -0.05) is 63.5 Å². The van der Waals surface area contributed by atoms with Crippen molar-refractivity contribution in [2.75, 3.05) is 90.9 Å². The minimum Gasteiger partial charge on any atom is -0.469 e. The lowest BCUT2D eigenvalue weighted by Crippen LogP contribution is -2.56. The van der Waals surface area contributed by atoms with E-state index >= 15 is 0 Å². The number of primary amides is 2. The van der Waals surface area contributed by atoms with Gasteiger partial charge in [0, 0.05) is 97.3 Å². The fourth-order valence-corrected chi connectivity index (χ4v) is 9.50. The second kappa shape index (κ2) is 27.6. The molecule has 5 aliphatic heterocycles. The van der Waals surface area contributed by atoms with Crippen molar-refractivity contribution in [1.29, 1.82) is 10.5 Å². The summed E-state index contributed by atoms with van der Waals surface area (Å²) >= 11 is 3.41. The number of halogens is 1. The monoisotopic (exact) mass is 1180 g/mol. The molecule has 5 aliphatic rings. The van der Waals surface area contributed by atoms with Gasteiger partial charge in [-0.3, -0.25) is 28.5 Å². The number of nitrogens with two attached hydrogens (primary N) is 2. The average molecular weight is 1180 g/mol. The SMILES string of the molecule is CC1(C)COB(B2OCC(C)(C)CO2)OC1.COC(=O)Cc1cc(Nc2nn(C3COCC[C@@H]3C#N)cc2C(N)=O)ccc1B1OCC(C)(C)CO1.COC(=O)Cc1cc(Nc2nn(C3COCC[C@@H]3C#N)cc2C(N)=O)ccc1Br. The molecule has 5 fully saturated rings. The zero-order valence-corrected chi connectivity index (χ0v) is 48.6. The molecular weight excluding hydrogens is 1110 g/mol. The van der Waals surface area contributed by atoms with E-state index in [-0.39, 0.29) is 95.8 Å². The van der Waals surface area contributed by atoms with Gasteiger partial charge in [0.1, 0.15) is 11.1 Å². The standard InChI is InChI=1S/C24H30BN5O6.C19H20BrN5O4.C10H20B2O4/c1-24(2)13-35-25(36-14-24)19-5-4-17(8-16(19)9-21(31)33-3)28-23-18(22(27)32)11-30(29-23)20-12-34-7-6-15(20)10-26;1-28-17(26)7-12-6-13(2-3-15(12)20)23-19-14(18(22)27)9-25(24-19)16-10-29-5-4-11(16)8-21;1-9(2)5-13-11(14-6-9)12-15-7-10(3,4)8-16-12/h4-5,8,11,15,20H,6-7,9,12-14H2,1-3H3,(H2,27,32)(H,28,29);2-3,6,9,11,16H,4-5,7,10H2,1H3,(H2,22,27)(H,23,24);5-8H2,1-4H3/t15-,20?;11-,16?;/m11./s1. The molecule has 2 aromatic carbocycles. The second-order valence-corrected chi connectivity index (χ2v) is 23.6. The Balaban J connectivity index is 0.000000188. The number of methoxy groups -OCH3 is 2. The zero-order valence-electron chi connectivity index (χ0n) is 47.0. The highest BCUT2D eigenvalue weighted by molar-refractivity contribution is 9.10. The van der Waals surface area contributed by atoms with Gasteiger partial charge in [0.15, 0.2) is 11.6 Å². The van der Waals surface area contributed by atoms with Gasteiger partial charge >= 0.3 is 33.1 Å². The van der Waals surface area contributed by atoms with Crippen LogP contribution in [0.3, 0.4) is 0 Å². The van der Waals surface area contributed by atoms with Crippen molar-refractivity contribution >= 4 is 89.3 Å². The van der Waals surface area contributed by atoms with Crippen molar-refractivity contribution in [3.63, 3.8) is 0 Å². The quantitative estimate of drug-likeness (QED) is 0.0973. The molecule has 4 aromatic rings. The summed E-state index contributed by atoms with van der Waals surface area (Å²) in [5.74, 6) is -2.13. The van der Waals surface area contributed by atoms with Crippen molar-refractivity contribution in [2.45, 2.75) is 79.3 Å². The molecule has 81 heavy (non-hydrogen) atoms. The minimum atomic E-state index is -0.660. The van der Waals surface area contributed by atoms with Crippen LogP contribution in [0, 0.1) is 50.7 Å². The van der Waals surface area contributed by atoms with Gasteiger partial charge in [-0.05, 0) is 59.8 Å². The van der Waals surface area contributed by atoms with Crippen LogP contribution in [0.4, 0.5) is 23.0 Å². The fraction of sp³-hybridized carbons (Fsp3) is 0.547. The maximum atomic E-state index is 12.2. The molecule has 0 aliphatic carbocycles. The Bertz CT molecular complexity index is 2910. The van der Waals surface area contributed by atoms with E-state index in [4.69, 9.17) is 58.3 Å². The van der Waals surface area contributed by atoms with E-state index in [9.17, 15) is 29.7 Å². The van der Waals surface area contributed by atoms with Crippen LogP contribution >= 0.6 is 15.9 Å². The van der Waals surface area contributed by atoms with E-state index < -0.39 is 24.9 Å². The van der Waals surface area contributed by atoms with Crippen molar-refractivity contribution in [1.82, 2.24) is 19.6 Å². The number of nitrogens with one attached hydrogen (secondary N) is 2. The van der Waals surface area contributed by atoms with Crippen LogP contribution in [0.1, 0.15) is 98.3 Å². The van der Waals surface area contributed by atoms with Crippen LogP contribution in [-0.4, -0.2) is 145 Å². The van der Waals surface area contributed by atoms with Gasteiger partial charge in [-0.25, -0.2) is 0 Å². The summed E-state index contributed by atoms with van der Waals surface area (Å²) in [5.41, 5.74) is 14.9. The lowest BCUT2D eigenvalue weighted by atomic mass is 9.47. The molecule has 2 amide bonds. The first-order valence-corrected chi connectivity index (χ1v) is 27.3. The number of benzene rings is 2. The van der Waals surface area contributed by atoms with E-state index in [0.717, 1.165) is 9.94 Å². The second-order valence-electron chi connectivity index (χ2n) is 22.7. The number of hydrogen-bond donors (Lipinski definition) is 4. The summed E-state index contributed by atoms with van der Waals surface area (Å²) in [6.07, 6.45) is 4.34. The van der Waals surface area contributed by atoms with Crippen LogP contribution in [0.5, 0.6) is 0 Å². The van der Waals surface area contributed by atoms with Crippen LogP contribution < -0.4 is 27.6 Å². The third-order valence-corrected chi connectivity index (χ3v) is 14.6. The van der Waals surface area contributed by atoms with Crippen LogP contribution in [0.25, 0.3) is 0 Å². The van der Waals surface area contributed by atoms with Crippen LogP contribution in [0.2, 0.25) is 0 Å². The first kappa shape index (κ1) is 62.3. The Morgan fingerprint density at radius 1 is 0.654 bits per heavy atom. The highest BCUT2D eigenvalue weighted by Gasteiger charge is 2.48. The molecular formula is C53H70B3BrN10O14. The van der Waals surface area contributed by atoms with E-state index in [1.54, 1.807) is 39.7 Å². The number of anilines is 4. The smallest absolute Gasteiger partial charge is 0.469 e. The van der Waals surface area contributed by atoms with Gasteiger partial charge in [0.2, 0.25) is 0 Å². The molecule has 5 saturated heterocycles. The van der Waals surface area contributed by atoms with Crippen molar-refractivity contribution in [2.24, 2.45) is 39.5 Å². The Kier molecular flexibility index (Phi) is 21.2. The highest BCUT2D eigenvalue weighted by Crippen LogP contribution is 2.33. The molecule has 24 nitrogen and oxygen atoms in total. The van der Waals surface area contributed by atoms with Crippen molar-refractivity contribution in [3.05, 3.63) is 75.5 Å². The molecule has 2 aromatic heterocycles. The van der Waals surface area contributed by atoms with Gasteiger partial charge in [0.25, 0.3) is 11.8 Å². The number of nitriles is 2. The largest absolute Gasteiger partial charge is 0.494 e. The zero-order chi connectivity index (χ0) is 58.6. The summed E-state index contributed by atoms with van der Waals surface area (Å²) in [6.45, 7) is 18.0. The molecule has 6 N–H and O–H groups in total. The molecule has 0 saturated carbocycles. The summed E-state index contributed by atoms with van der Waals surface area (Å²) in [5, 5.41) is 34.1. The maximum absolute atomic E-state index is 12.2. The molecule has 0 bridgehead atoms. The topological polar surface area (TPSA) is 320 Å². The summed E-state index contributed by atoms with van der Waals surface area (Å²) in [7, 11) is 1.30. The van der Waals surface area contributed by atoms with E-state index in [1.165, 1.54) is 26.6 Å². The van der Waals surface area contributed by atoms with E-state index in [0.29, 0.717) is 101 Å². The fourth-order valence-electron chi connectivity index (χ4n) is 9.12. The normalized spacial score (nSPS) is 22.0. The summed E-state index contributed by atoms with van der Waals surface area (Å²) in [4.78, 5) is 47.8. The highest BCUT2D eigenvalue weighted by atomic mass is 79.9. The Morgan fingerprint density at radius 2 is 1.05 bits per heavy atom. The van der Waals surface area contributed by atoms with E-state index in [2.05, 4.69) is 90.4 Å². The molecule has 0 spiro atoms. The molecule has 7 heterocycles. The summed E-state index contributed by atoms with van der Waals surface area (Å²) in [6, 6.07) is 14.6. The third-order valence-electron chi connectivity index (χ3n) is 13.8. The lowest BCUT2D eigenvalue weighted by Gasteiger charge is -2.38. The van der Waals surface area contributed by atoms with E-state index in [1.807, 2.05) is 6.07 Å². The molecule has 9 rings (SSSR count). The number of rotatable bonds is 14. The first-order chi connectivity index (χ1) is 38.5. The van der Waals surface area contributed by atoms with Crippen molar-refractivity contribution < 1.29 is 66.1 Å². The number of aromatic nitrogens is 4. The lowest BCUT2D eigenvalue weighted by molar-refractivity contribution is -0.140. The molecule has 0 radical (unpaired) electrons. The number of esters is 2. The van der Waals surface area contributed by atoms with Gasteiger partial charge in [-0.15, -0.1) is 0 Å². The average Bonchev–Trinajstić information content (AvgIpc) is 4.34. The van der Waals surface area contributed by atoms with Gasteiger partial charge < -0.3 is 69.0 Å². The third kappa shape index (κ3) is 16.9. The van der Waals surface area contributed by atoms with Gasteiger partial charge in [0.05, 0.1) is 76.3 Å². The molecule has 432 valence electrons. The number of hydrogen-bond acceptors (Lipinski definition) is 20. The molecule has 28 heteroatoms. The Morgan fingerprint density at radius 3 is 1.46 bits per heavy atom. The number of carbonyl (C=O) groups excluding carboxylic acids is 4. The van der Waals surface area contributed by atoms with Crippen LogP contribution in [0.15, 0.2) is 53.3 Å². The number of ether oxygens (including phenoxy) is 4. The minimum absolute atomic E-state index is 0.00828. The predicted molar refractivity (Wildman–Crippen MR) is 301 cm³/mol. The van der Waals surface area contributed by atoms with Crippen molar-refractivity contribution in [3.8, 4) is 12.1 Å². The van der Waals surface area contributed by atoms with Gasteiger partial charge in [-0.2, -0.15) is 20.7 Å². The summed E-state index contributed by atoms with van der Waals surface area (Å²) < 4.78 is 58.8. The Labute approximate surface area is 480 Å². The Hall–Kier alpha value is -6.33. The number of carbonyl (C=O) groups is 4. The van der Waals surface area contributed by atoms with Crippen LogP contribution in [-0.2, 0) is 69.3 Å². The number of amides is 2. The first-order valence-electron chi connectivity index (χ1n) is 26.5. The number of nitrogens with zero attached hydrogens (tertiary/aromatic N) is 6.